The van der Waals surface area contributed by atoms with Crippen molar-refractivity contribution in [1.29, 1.82) is 0 Å². The fourth-order valence-electron chi connectivity index (χ4n) is 2.07. The molecule has 0 saturated heterocycles. The molecule has 1 unspecified atom stereocenters. The first-order valence-electron chi connectivity index (χ1n) is 9.82. The van der Waals surface area contributed by atoms with Crippen molar-refractivity contribution < 1.29 is 70.1 Å². The smallest absolute Gasteiger partial charge is 0.423 e. The van der Waals surface area contributed by atoms with Gasteiger partial charge in [0.15, 0.2) is 0 Å². The molecule has 0 aromatic heterocycles. The summed E-state index contributed by atoms with van der Waals surface area (Å²) in [5, 5.41) is 11.6. The summed E-state index contributed by atoms with van der Waals surface area (Å²) in [6.45, 7) is 11.4. The average Bonchev–Trinajstić information content (AvgIpc) is 2.65. The van der Waals surface area contributed by atoms with E-state index in [1.807, 2.05) is 34.6 Å². The fraction of sp³-hybridized carbons (Fsp3) is 0.417. The van der Waals surface area contributed by atoms with Gasteiger partial charge >= 0.3 is 51.4 Å². The minimum atomic E-state index is -0.620. The molecule has 0 fully saturated rings. The Morgan fingerprint density at radius 2 is 1.77 bits per heavy atom. The molecule has 2 aromatic carbocycles. The summed E-state index contributed by atoms with van der Waals surface area (Å²) in [5.41, 5.74) is 0.491. The van der Waals surface area contributed by atoms with Crippen LogP contribution in [-0.4, -0.2) is 23.5 Å². The zero-order valence-electron chi connectivity index (χ0n) is 19.5. The fourth-order valence-corrected chi connectivity index (χ4v) is 2.07. The summed E-state index contributed by atoms with van der Waals surface area (Å²) < 4.78 is 25.6. The van der Waals surface area contributed by atoms with Crippen LogP contribution in [0.4, 0.5) is 14.5 Å². The molecule has 0 spiro atoms. The van der Waals surface area contributed by atoms with Crippen molar-refractivity contribution in [3.05, 3.63) is 65.7 Å². The molecule has 0 aliphatic carbocycles. The van der Waals surface area contributed by atoms with Gasteiger partial charge in [-0.2, -0.15) is 30.3 Å². The van der Waals surface area contributed by atoms with Gasteiger partial charge in [0.1, 0.15) is 5.91 Å². The van der Waals surface area contributed by atoms with E-state index in [0.717, 1.165) is 0 Å². The molecule has 31 heavy (non-hydrogen) atoms. The topological polar surface area (TPSA) is 61.7 Å². The van der Waals surface area contributed by atoms with Crippen molar-refractivity contribution in [3.8, 4) is 0 Å². The van der Waals surface area contributed by atoms with E-state index >= 15 is 0 Å². The number of amides is 1. The number of benzene rings is 2. The summed E-state index contributed by atoms with van der Waals surface area (Å²) in [6.07, 6.45) is 2.34. The van der Waals surface area contributed by atoms with Gasteiger partial charge in [0, 0.05) is 24.1 Å². The Morgan fingerprint density at radius 3 is 2.19 bits per heavy atom. The quantitative estimate of drug-likeness (QED) is 0.238. The Morgan fingerprint density at radius 1 is 1.19 bits per heavy atom. The van der Waals surface area contributed by atoms with E-state index in [-0.39, 0.29) is 80.6 Å². The Kier molecular flexibility index (Phi) is 18.3. The summed E-state index contributed by atoms with van der Waals surface area (Å²) in [4.78, 5) is 15.4. The van der Waals surface area contributed by atoms with Crippen LogP contribution in [0.25, 0.3) is 0 Å². The van der Waals surface area contributed by atoms with Gasteiger partial charge in [-0.25, -0.2) is 14.8 Å². The van der Waals surface area contributed by atoms with E-state index in [2.05, 4.69) is 28.8 Å². The van der Waals surface area contributed by atoms with Crippen molar-refractivity contribution in [3.63, 3.8) is 0 Å². The number of rotatable bonds is 5. The van der Waals surface area contributed by atoms with Crippen molar-refractivity contribution in [2.24, 2.45) is 10.4 Å². The molecule has 166 valence electrons. The summed E-state index contributed by atoms with van der Waals surface area (Å²) in [7, 11) is 0. The molecular formula is C24H31F2KN2O2-2. The molecule has 1 amide bonds. The van der Waals surface area contributed by atoms with E-state index in [9.17, 15) is 18.7 Å². The predicted molar refractivity (Wildman–Crippen MR) is 117 cm³/mol. The van der Waals surface area contributed by atoms with Crippen molar-refractivity contribution in [2.75, 3.05) is 0 Å². The minimum absolute atomic E-state index is 0. The van der Waals surface area contributed by atoms with E-state index < -0.39 is 11.9 Å². The van der Waals surface area contributed by atoms with E-state index in [1.54, 1.807) is 13.0 Å². The number of carbonyl (C=O) groups excluding carboxylic acids is 1. The molecule has 2 N–H and O–H groups in total. The number of aliphatic hydroxyl groups excluding tert-OH is 1. The van der Waals surface area contributed by atoms with Crippen LogP contribution in [0.2, 0.25) is 0 Å². The molecule has 1 atom stereocenters. The predicted octanol–water partition coefficient (Wildman–Crippen LogP) is 2.29. The van der Waals surface area contributed by atoms with Crippen LogP contribution in [-0.2, 0) is 11.2 Å². The standard InChI is InChI=1S/C16H21FN2O2.C6H4F.C2H6.K/c1-11(20)7-12-5-6-13(8-14(12)17)18-10-19-15(21)9-16(2,3)4;7-6-4-2-1-3-5-6;1-2;/h5-6,11,20H,7,9H2,1-4H3,(H,18,19,21);2-5H;1-2H3;/q-2;-1;;+1. The van der Waals surface area contributed by atoms with E-state index in [4.69, 9.17) is 0 Å². The van der Waals surface area contributed by atoms with Gasteiger partial charge < -0.3 is 20.2 Å². The number of nitrogens with zero attached hydrogens (tertiary/aromatic N) is 1. The number of hydrogen-bond donors (Lipinski definition) is 2. The number of aliphatic hydroxyl groups is 1. The van der Waals surface area contributed by atoms with Crippen LogP contribution in [0.1, 0.15) is 53.5 Å². The van der Waals surface area contributed by atoms with Crippen molar-refractivity contribution in [1.82, 2.24) is 5.32 Å². The number of halogens is 2. The largest absolute Gasteiger partial charge is 1.00 e. The van der Waals surface area contributed by atoms with Gasteiger partial charge in [-0.1, -0.05) is 34.6 Å². The first-order valence-corrected chi connectivity index (χ1v) is 9.82. The van der Waals surface area contributed by atoms with Gasteiger partial charge in [0.2, 0.25) is 0 Å². The van der Waals surface area contributed by atoms with Crippen LogP contribution in [0.3, 0.4) is 0 Å². The SMILES string of the molecule is CC.CC(O)Cc1ccc(N=[C-]NC(=O)CC(C)(C)C)[c-]c1F.Fc1cc[c-]cc1.[K+]. The summed E-state index contributed by atoms with van der Waals surface area (Å²) >= 11 is 0. The Hall–Kier alpha value is -0.964. The maximum Gasteiger partial charge on any atom is 1.00 e. The molecule has 0 bridgehead atoms. The third-order valence-electron chi connectivity index (χ3n) is 3.22. The number of aliphatic imine (C=N–C) groups is 1. The summed E-state index contributed by atoms with van der Waals surface area (Å²) in [6, 6.07) is 14.0. The van der Waals surface area contributed by atoms with Crippen LogP contribution in [0.15, 0.2) is 41.4 Å². The molecule has 4 nitrogen and oxygen atoms in total. The van der Waals surface area contributed by atoms with Crippen molar-refractivity contribution >= 4 is 17.9 Å². The third-order valence-corrected chi connectivity index (χ3v) is 3.22. The molecule has 7 heteroatoms. The molecule has 0 heterocycles. The number of hydrogen-bond acceptors (Lipinski definition) is 3. The summed E-state index contributed by atoms with van der Waals surface area (Å²) in [5.74, 6) is -0.962. The second kappa shape index (κ2) is 17.6. The third kappa shape index (κ3) is 17.3. The molecule has 2 rings (SSSR count). The maximum absolute atomic E-state index is 13.7. The zero-order chi connectivity index (χ0) is 23.2. The van der Waals surface area contributed by atoms with Gasteiger partial charge in [-0.3, -0.25) is 0 Å². The van der Waals surface area contributed by atoms with Crippen LogP contribution < -0.4 is 56.7 Å². The van der Waals surface area contributed by atoms with E-state index in [0.29, 0.717) is 12.0 Å². The molecule has 0 aliphatic heterocycles. The molecule has 2 aromatic rings. The molecular weight excluding hydrogens is 425 g/mol. The Labute approximate surface area is 228 Å². The first kappa shape index (κ1) is 32.2. The number of nitrogens with one attached hydrogen (secondary N) is 1. The van der Waals surface area contributed by atoms with Gasteiger partial charge in [0.25, 0.3) is 0 Å². The zero-order valence-corrected chi connectivity index (χ0v) is 22.6. The van der Waals surface area contributed by atoms with Crippen LogP contribution >= 0.6 is 0 Å². The maximum atomic E-state index is 13.7. The average molecular weight is 457 g/mol. The van der Waals surface area contributed by atoms with Gasteiger partial charge in [-0.05, 0) is 25.2 Å². The van der Waals surface area contributed by atoms with E-state index in [1.165, 1.54) is 30.3 Å². The second-order valence-corrected chi connectivity index (χ2v) is 7.46. The van der Waals surface area contributed by atoms with Crippen LogP contribution in [0.5, 0.6) is 0 Å². The normalized spacial score (nSPS) is 11.3. The van der Waals surface area contributed by atoms with Gasteiger partial charge in [0.05, 0.1) is 0 Å². The molecule has 0 saturated carbocycles. The Bertz CT molecular complexity index is 777. The minimum Gasteiger partial charge on any atom is -0.423 e. The first-order chi connectivity index (χ1) is 14.1. The molecule has 0 aliphatic rings. The number of carbonyl (C=O) groups is 1. The van der Waals surface area contributed by atoms with Gasteiger partial charge in [-0.15, -0.1) is 23.4 Å². The van der Waals surface area contributed by atoms with Crippen LogP contribution in [0, 0.1) is 29.2 Å². The second-order valence-electron chi connectivity index (χ2n) is 7.46. The van der Waals surface area contributed by atoms with Crippen molar-refractivity contribution in [2.45, 2.75) is 60.5 Å². The molecule has 0 radical (unpaired) electrons. The Balaban J connectivity index is 0. The monoisotopic (exact) mass is 456 g/mol.